The zero-order valence-electron chi connectivity index (χ0n) is 9.89. The highest BCUT2D eigenvalue weighted by Gasteiger charge is 2.07. The Balaban J connectivity index is 2.19. The Morgan fingerprint density at radius 3 is 2.94 bits per heavy atom. The molecular formula is C12H15ClN4. The molecule has 2 aromatic heterocycles. The highest BCUT2D eigenvalue weighted by Crippen LogP contribution is 2.21. The first-order valence-electron chi connectivity index (χ1n) is 5.56. The molecule has 4 nitrogen and oxygen atoms in total. The Hall–Kier alpha value is -1.55. The maximum absolute atomic E-state index is 6.06. The van der Waals surface area contributed by atoms with E-state index in [1.807, 2.05) is 18.3 Å². The summed E-state index contributed by atoms with van der Waals surface area (Å²) < 4.78 is 1.72. The first kappa shape index (κ1) is 11.9. The molecular weight excluding hydrogens is 236 g/mol. The van der Waals surface area contributed by atoms with Gasteiger partial charge < -0.3 is 5.32 Å². The third-order valence-corrected chi connectivity index (χ3v) is 2.56. The fourth-order valence-corrected chi connectivity index (χ4v) is 1.60. The number of pyridine rings is 1. The second-order valence-corrected chi connectivity index (χ2v) is 4.62. The largest absolute Gasteiger partial charge is 0.381 e. The molecule has 0 amide bonds. The molecule has 0 aliphatic carbocycles. The van der Waals surface area contributed by atoms with Gasteiger partial charge in [-0.05, 0) is 18.1 Å². The van der Waals surface area contributed by atoms with E-state index in [-0.39, 0.29) is 0 Å². The van der Waals surface area contributed by atoms with Gasteiger partial charge in [-0.3, -0.25) is 4.98 Å². The molecule has 0 atom stereocenters. The molecule has 0 spiro atoms. The molecule has 0 aromatic carbocycles. The summed E-state index contributed by atoms with van der Waals surface area (Å²) in [6.45, 7) is 5.16. The SMILES string of the molecule is CC(C)CNc1cn(-c2cccnc2)nc1Cl. The number of rotatable bonds is 4. The highest BCUT2D eigenvalue weighted by atomic mass is 35.5. The maximum Gasteiger partial charge on any atom is 0.174 e. The molecule has 0 aliphatic heterocycles. The summed E-state index contributed by atoms with van der Waals surface area (Å²) in [5, 5.41) is 7.99. The van der Waals surface area contributed by atoms with Crippen LogP contribution in [0.5, 0.6) is 0 Å². The number of nitrogens with one attached hydrogen (secondary N) is 1. The van der Waals surface area contributed by atoms with Gasteiger partial charge in [-0.25, -0.2) is 4.68 Å². The molecule has 0 aliphatic rings. The van der Waals surface area contributed by atoms with E-state index in [0.717, 1.165) is 17.9 Å². The fourth-order valence-electron chi connectivity index (χ4n) is 1.41. The van der Waals surface area contributed by atoms with Crippen LogP contribution in [0.15, 0.2) is 30.7 Å². The molecule has 2 aromatic rings. The number of halogens is 1. The normalized spacial score (nSPS) is 10.8. The Bertz CT molecular complexity index is 479. The van der Waals surface area contributed by atoms with Crippen molar-refractivity contribution in [1.29, 1.82) is 0 Å². The minimum atomic E-state index is 0.481. The minimum absolute atomic E-state index is 0.481. The zero-order chi connectivity index (χ0) is 12.3. The predicted octanol–water partition coefficient (Wildman–Crippen LogP) is 2.99. The Morgan fingerprint density at radius 2 is 2.29 bits per heavy atom. The van der Waals surface area contributed by atoms with Gasteiger partial charge >= 0.3 is 0 Å². The van der Waals surface area contributed by atoms with E-state index in [2.05, 4.69) is 29.2 Å². The molecule has 0 radical (unpaired) electrons. The van der Waals surface area contributed by atoms with Crippen molar-refractivity contribution < 1.29 is 0 Å². The van der Waals surface area contributed by atoms with Crippen LogP contribution in [0.1, 0.15) is 13.8 Å². The molecule has 2 rings (SSSR count). The molecule has 0 bridgehead atoms. The van der Waals surface area contributed by atoms with Crippen LogP contribution in [0.3, 0.4) is 0 Å². The molecule has 5 heteroatoms. The first-order valence-corrected chi connectivity index (χ1v) is 5.94. The maximum atomic E-state index is 6.06. The minimum Gasteiger partial charge on any atom is -0.381 e. The van der Waals surface area contributed by atoms with Crippen LogP contribution in [0.4, 0.5) is 5.69 Å². The van der Waals surface area contributed by atoms with Crippen molar-refractivity contribution in [3.05, 3.63) is 35.9 Å². The molecule has 0 saturated carbocycles. The number of hydrogen-bond acceptors (Lipinski definition) is 3. The van der Waals surface area contributed by atoms with E-state index < -0.39 is 0 Å². The Kier molecular flexibility index (Phi) is 3.64. The molecule has 2 heterocycles. The van der Waals surface area contributed by atoms with Gasteiger partial charge in [0.05, 0.1) is 23.8 Å². The molecule has 0 saturated heterocycles. The second-order valence-electron chi connectivity index (χ2n) is 4.26. The van der Waals surface area contributed by atoms with Crippen molar-refractivity contribution in [2.75, 3.05) is 11.9 Å². The van der Waals surface area contributed by atoms with Crippen LogP contribution < -0.4 is 5.32 Å². The van der Waals surface area contributed by atoms with Gasteiger partial charge in [-0.15, -0.1) is 0 Å². The lowest BCUT2D eigenvalue weighted by molar-refractivity contribution is 0.689. The Labute approximate surface area is 106 Å². The van der Waals surface area contributed by atoms with Crippen molar-refractivity contribution in [1.82, 2.24) is 14.8 Å². The number of anilines is 1. The molecule has 90 valence electrons. The third-order valence-electron chi connectivity index (χ3n) is 2.28. The molecule has 17 heavy (non-hydrogen) atoms. The lowest BCUT2D eigenvalue weighted by atomic mass is 10.2. The lowest BCUT2D eigenvalue weighted by Crippen LogP contribution is -2.07. The summed E-state index contributed by atoms with van der Waals surface area (Å²) in [7, 11) is 0. The topological polar surface area (TPSA) is 42.7 Å². The van der Waals surface area contributed by atoms with Crippen molar-refractivity contribution in [2.24, 2.45) is 5.92 Å². The predicted molar refractivity (Wildman–Crippen MR) is 69.7 cm³/mol. The van der Waals surface area contributed by atoms with Gasteiger partial charge in [0.1, 0.15) is 0 Å². The van der Waals surface area contributed by atoms with Gasteiger partial charge in [0, 0.05) is 12.7 Å². The van der Waals surface area contributed by atoms with E-state index in [1.165, 1.54) is 0 Å². The Morgan fingerprint density at radius 1 is 1.47 bits per heavy atom. The van der Waals surface area contributed by atoms with Crippen LogP contribution in [-0.4, -0.2) is 21.3 Å². The summed E-state index contributed by atoms with van der Waals surface area (Å²) in [5.74, 6) is 0.563. The van der Waals surface area contributed by atoms with Crippen LogP contribution >= 0.6 is 11.6 Å². The van der Waals surface area contributed by atoms with Gasteiger partial charge in [-0.1, -0.05) is 25.4 Å². The van der Waals surface area contributed by atoms with Crippen molar-refractivity contribution in [3.8, 4) is 5.69 Å². The van der Waals surface area contributed by atoms with E-state index in [1.54, 1.807) is 17.1 Å². The standard InChI is InChI=1S/C12H15ClN4/c1-9(2)6-15-11-8-17(16-12(11)13)10-4-3-5-14-7-10/h3-5,7-9,15H,6H2,1-2H3. The molecule has 0 unspecified atom stereocenters. The highest BCUT2D eigenvalue weighted by molar-refractivity contribution is 6.32. The second kappa shape index (κ2) is 5.19. The number of aromatic nitrogens is 3. The van der Waals surface area contributed by atoms with Gasteiger partial charge in [-0.2, -0.15) is 5.10 Å². The first-order chi connectivity index (χ1) is 8.16. The quantitative estimate of drug-likeness (QED) is 0.907. The lowest BCUT2D eigenvalue weighted by Gasteiger charge is -2.06. The van der Waals surface area contributed by atoms with E-state index in [0.29, 0.717) is 11.1 Å². The summed E-state index contributed by atoms with van der Waals surface area (Å²) >= 11 is 6.06. The van der Waals surface area contributed by atoms with E-state index in [9.17, 15) is 0 Å². The summed E-state index contributed by atoms with van der Waals surface area (Å²) in [4.78, 5) is 4.05. The monoisotopic (exact) mass is 250 g/mol. The van der Waals surface area contributed by atoms with Gasteiger partial charge in [0.25, 0.3) is 0 Å². The third kappa shape index (κ3) is 2.97. The summed E-state index contributed by atoms with van der Waals surface area (Å²) in [5.41, 5.74) is 1.75. The van der Waals surface area contributed by atoms with Crippen LogP contribution in [0.2, 0.25) is 5.15 Å². The van der Waals surface area contributed by atoms with Crippen molar-refractivity contribution in [3.63, 3.8) is 0 Å². The number of nitrogens with zero attached hydrogens (tertiary/aromatic N) is 3. The average Bonchev–Trinajstić information content (AvgIpc) is 2.69. The molecule has 0 fully saturated rings. The fraction of sp³-hybridized carbons (Fsp3) is 0.333. The smallest absolute Gasteiger partial charge is 0.174 e. The van der Waals surface area contributed by atoms with Crippen molar-refractivity contribution in [2.45, 2.75) is 13.8 Å². The average molecular weight is 251 g/mol. The van der Waals surface area contributed by atoms with Crippen LogP contribution in [0.25, 0.3) is 5.69 Å². The summed E-state index contributed by atoms with van der Waals surface area (Å²) in [6.07, 6.45) is 5.35. The van der Waals surface area contributed by atoms with Gasteiger partial charge in [0.15, 0.2) is 5.15 Å². The van der Waals surface area contributed by atoms with Crippen LogP contribution in [0, 0.1) is 5.92 Å². The van der Waals surface area contributed by atoms with E-state index in [4.69, 9.17) is 11.6 Å². The number of hydrogen-bond donors (Lipinski definition) is 1. The summed E-state index contributed by atoms with van der Waals surface area (Å²) in [6, 6.07) is 3.80. The van der Waals surface area contributed by atoms with Crippen LogP contribution in [-0.2, 0) is 0 Å². The van der Waals surface area contributed by atoms with Gasteiger partial charge in [0.2, 0.25) is 0 Å². The zero-order valence-corrected chi connectivity index (χ0v) is 10.6. The molecule has 1 N–H and O–H groups in total. The van der Waals surface area contributed by atoms with Crippen molar-refractivity contribution >= 4 is 17.3 Å². The van der Waals surface area contributed by atoms with E-state index >= 15 is 0 Å².